The molecule has 0 bridgehead atoms. The summed E-state index contributed by atoms with van der Waals surface area (Å²) in [6.45, 7) is 0.0832. The van der Waals surface area contributed by atoms with Gasteiger partial charge in [-0.25, -0.2) is 17.9 Å². The minimum Gasteiger partial charge on any atom is -0.461 e. The number of benzene rings is 2. The highest BCUT2D eigenvalue weighted by Gasteiger charge is 2.31. The van der Waals surface area contributed by atoms with Gasteiger partial charge in [-0.2, -0.15) is 5.10 Å². The van der Waals surface area contributed by atoms with Crippen LogP contribution in [0.4, 0.5) is 13.2 Å². The molecule has 0 radical (unpaired) electrons. The molecule has 0 aliphatic heterocycles. The monoisotopic (exact) mass is 538 g/mol. The van der Waals surface area contributed by atoms with Crippen molar-refractivity contribution >= 4 is 26.7 Å². The fourth-order valence-electron chi connectivity index (χ4n) is 4.53. The summed E-state index contributed by atoms with van der Waals surface area (Å²) in [5.74, 6) is -1.06. The zero-order valence-corrected chi connectivity index (χ0v) is 20.8. The molecule has 1 heterocycles. The van der Waals surface area contributed by atoms with Gasteiger partial charge in [0, 0.05) is 6.26 Å². The van der Waals surface area contributed by atoms with Crippen LogP contribution >= 0.6 is 0 Å². The molecule has 0 spiro atoms. The number of hydrogen-bond donors (Lipinski definition) is 0. The molecule has 1 aliphatic rings. The average molecular weight is 539 g/mol. The Labute approximate surface area is 210 Å². The molecule has 0 amide bonds. The molecule has 4 rings (SSSR count). The molecule has 12 heteroatoms. The van der Waals surface area contributed by atoms with Crippen LogP contribution in [0.25, 0.3) is 16.6 Å². The lowest BCUT2D eigenvalue weighted by atomic mass is 9.87. The number of nitrogens with zero attached hydrogens (tertiary/aromatic N) is 2. The third-order valence-electron chi connectivity index (χ3n) is 6.27. The molecule has 0 saturated heterocycles. The van der Waals surface area contributed by atoms with Crippen LogP contribution in [0.5, 0.6) is 5.75 Å². The van der Waals surface area contributed by atoms with Gasteiger partial charge in [-0.15, -0.1) is 13.2 Å². The molecular weight excluding hydrogens is 513 g/mol. The molecule has 1 aromatic heterocycles. The molecule has 2 aromatic carbocycles. The summed E-state index contributed by atoms with van der Waals surface area (Å²) in [6.07, 6.45) is 2.20. The molecule has 0 unspecified atom stereocenters. The maximum atomic E-state index is 13.3. The predicted molar refractivity (Wildman–Crippen MR) is 129 cm³/mol. The summed E-state index contributed by atoms with van der Waals surface area (Å²) >= 11 is 0. The number of ether oxygens (including phenoxy) is 2. The lowest BCUT2D eigenvalue weighted by Crippen LogP contribution is -2.26. The Morgan fingerprint density at radius 2 is 1.76 bits per heavy atom. The first-order valence-corrected chi connectivity index (χ1v) is 13.6. The fraction of sp³-hybridized carbons (Fsp3) is 0.400. The lowest BCUT2D eigenvalue weighted by Gasteiger charge is -2.21. The quantitative estimate of drug-likeness (QED) is 0.398. The molecule has 37 heavy (non-hydrogen) atoms. The molecule has 1 fully saturated rings. The third kappa shape index (κ3) is 6.30. The van der Waals surface area contributed by atoms with Gasteiger partial charge in [-0.1, -0.05) is 38.2 Å². The Kier molecular flexibility index (Phi) is 7.58. The summed E-state index contributed by atoms with van der Waals surface area (Å²) < 4.78 is 72.9. The van der Waals surface area contributed by atoms with E-state index in [1.807, 2.05) is 0 Å². The Morgan fingerprint density at radius 1 is 1.08 bits per heavy atom. The van der Waals surface area contributed by atoms with Gasteiger partial charge in [0.05, 0.1) is 28.1 Å². The van der Waals surface area contributed by atoms with Gasteiger partial charge in [0.15, 0.2) is 9.84 Å². The number of sulfone groups is 1. The van der Waals surface area contributed by atoms with E-state index in [2.05, 4.69) is 9.84 Å². The topological polar surface area (TPSA) is 105 Å². The van der Waals surface area contributed by atoms with Crippen LogP contribution in [0, 0.1) is 5.92 Å². The number of fused-ring (bicyclic) bond motifs is 1. The molecule has 1 saturated carbocycles. The number of carbonyl (C=O) groups is 1. The first-order chi connectivity index (χ1) is 17.4. The maximum Gasteiger partial charge on any atom is 0.573 e. The molecule has 198 valence electrons. The van der Waals surface area contributed by atoms with Crippen molar-refractivity contribution in [3.8, 4) is 11.4 Å². The van der Waals surface area contributed by atoms with E-state index in [1.165, 1.54) is 36.8 Å². The van der Waals surface area contributed by atoms with Crippen molar-refractivity contribution in [2.75, 3.05) is 12.9 Å². The summed E-state index contributed by atoms with van der Waals surface area (Å²) in [5, 5.41) is 3.87. The zero-order chi connectivity index (χ0) is 26.8. The molecular formula is C25H25F3N2O6S. The highest BCUT2D eigenvalue weighted by Crippen LogP contribution is 2.28. The Morgan fingerprint density at radius 3 is 2.38 bits per heavy atom. The van der Waals surface area contributed by atoms with Crippen molar-refractivity contribution in [1.82, 2.24) is 9.78 Å². The van der Waals surface area contributed by atoms with Crippen molar-refractivity contribution in [2.45, 2.75) is 49.8 Å². The van der Waals surface area contributed by atoms with Crippen LogP contribution in [0.2, 0.25) is 0 Å². The molecule has 0 N–H and O–H groups in total. The van der Waals surface area contributed by atoms with E-state index in [9.17, 15) is 31.2 Å². The van der Waals surface area contributed by atoms with Crippen LogP contribution in [0.3, 0.4) is 0 Å². The van der Waals surface area contributed by atoms with E-state index in [0.717, 1.165) is 48.8 Å². The van der Waals surface area contributed by atoms with Crippen LogP contribution in [-0.2, 0) is 14.6 Å². The van der Waals surface area contributed by atoms with Crippen LogP contribution in [0.15, 0.2) is 52.2 Å². The first kappa shape index (κ1) is 26.6. The standard InChI is InChI=1S/C25H25F3N2O6S/c1-37(33,34)20-9-5-8-19-21(20)23(31)22(24(32)35-15-14-16-6-3-2-4-7-16)29-30(19)17-10-12-18(13-11-17)36-25(26,27)28/h5,8-13,16H,2-4,6-7,14-15H2,1H3. The minimum atomic E-state index is -4.89. The number of rotatable bonds is 7. The number of alkyl halides is 3. The number of aromatic nitrogens is 2. The Bertz CT molecular complexity index is 1460. The maximum absolute atomic E-state index is 13.3. The Balaban J connectivity index is 1.76. The van der Waals surface area contributed by atoms with Crippen molar-refractivity contribution in [1.29, 1.82) is 0 Å². The summed E-state index contributed by atoms with van der Waals surface area (Å²) in [4.78, 5) is 25.9. The largest absolute Gasteiger partial charge is 0.573 e. The van der Waals surface area contributed by atoms with E-state index in [0.29, 0.717) is 12.3 Å². The van der Waals surface area contributed by atoms with Gasteiger partial charge in [-0.05, 0) is 48.7 Å². The number of esters is 1. The van der Waals surface area contributed by atoms with E-state index in [-0.39, 0.29) is 28.1 Å². The first-order valence-electron chi connectivity index (χ1n) is 11.7. The van der Waals surface area contributed by atoms with Gasteiger partial charge >= 0.3 is 12.3 Å². The van der Waals surface area contributed by atoms with Crippen molar-refractivity contribution in [3.05, 3.63) is 58.4 Å². The summed E-state index contributed by atoms with van der Waals surface area (Å²) in [6, 6.07) is 8.62. The van der Waals surface area contributed by atoms with Gasteiger partial charge in [0.25, 0.3) is 0 Å². The average Bonchev–Trinajstić information content (AvgIpc) is 2.84. The van der Waals surface area contributed by atoms with E-state index >= 15 is 0 Å². The number of carbonyl (C=O) groups excluding carboxylic acids is 1. The second-order valence-corrected chi connectivity index (χ2v) is 11.0. The van der Waals surface area contributed by atoms with Gasteiger partial charge < -0.3 is 9.47 Å². The molecule has 3 aromatic rings. The summed E-state index contributed by atoms with van der Waals surface area (Å²) in [7, 11) is -3.89. The van der Waals surface area contributed by atoms with Crippen LogP contribution in [0.1, 0.15) is 49.0 Å². The Hall–Kier alpha value is -3.41. The van der Waals surface area contributed by atoms with E-state index in [4.69, 9.17) is 4.74 Å². The third-order valence-corrected chi connectivity index (χ3v) is 7.41. The van der Waals surface area contributed by atoms with Crippen molar-refractivity contribution in [2.24, 2.45) is 5.92 Å². The highest BCUT2D eigenvalue weighted by molar-refractivity contribution is 7.91. The second-order valence-electron chi connectivity index (χ2n) is 8.98. The smallest absolute Gasteiger partial charge is 0.461 e. The van der Waals surface area contributed by atoms with Crippen LogP contribution < -0.4 is 10.2 Å². The predicted octanol–water partition coefficient (Wildman–Crippen LogP) is 4.82. The van der Waals surface area contributed by atoms with Crippen LogP contribution in [-0.4, -0.2) is 43.4 Å². The van der Waals surface area contributed by atoms with Gasteiger partial charge in [0.1, 0.15) is 5.75 Å². The summed E-state index contributed by atoms with van der Waals surface area (Å²) in [5.41, 5.74) is -1.31. The van der Waals surface area contributed by atoms with Crippen molar-refractivity contribution in [3.63, 3.8) is 0 Å². The number of halogens is 3. The van der Waals surface area contributed by atoms with Gasteiger partial charge in [0.2, 0.25) is 11.1 Å². The molecule has 1 aliphatic carbocycles. The lowest BCUT2D eigenvalue weighted by molar-refractivity contribution is -0.274. The molecule has 0 atom stereocenters. The minimum absolute atomic E-state index is 0.0520. The SMILES string of the molecule is CS(=O)(=O)c1cccc2c1c(=O)c(C(=O)OCCC1CCCCC1)nn2-c1ccc(OC(F)(F)F)cc1. The second kappa shape index (κ2) is 10.5. The van der Waals surface area contributed by atoms with Gasteiger partial charge in [-0.3, -0.25) is 4.79 Å². The zero-order valence-electron chi connectivity index (χ0n) is 20.0. The molecule has 8 nitrogen and oxygen atoms in total. The van der Waals surface area contributed by atoms with Crippen molar-refractivity contribution < 1.29 is 35.9 Å². The highest BCUT2D eigenvalue weighted by atomic mass is 32.2. The fourth-order valence-corrected chi connectivity index (χ4v) is 5.43. The normalized spacial score (nSPS) is 15.0. The number of hydrogen-bond acceptors (Lipinski definition) is 7. The van der Waals surface area contributed by atoms with E-state index < -0.39 is 39.0 Å². The van der Waals surface area contributed by atoms with E-state index in [1.54, 1.807) is 0 Å².